The highest BCUT2D eigenvalue weighted by Crippen LogP contribution is 2.62. The van der Waals surface area contributed by atoms with E-state index in [-0.39, 0.29) is 29.9 Å². The third-order valence-corrected chi connectivity index (χ3v) is 6.94. The molecular formula is C23H30N2O5. The van der Waals surface area contributed by atoms with Crippen molar-refractivity contribution in [2.24, 2.45) is 17.3 Å². The summed E-state index contributed by atoms with van der Waals surface area (Å²) in [5, 5.41) is 5.93. The maximum absolute atomic E-state index is 13.1. The Morgan fingerprint density at radius 1 is 1.10 bits per heavy atom. The van der Waals surface area contributed by atoms with Gasteiger partial charge < -0.3 is 20.1 Å². The molecule has 1 aromatic carbocycles. The molecule has 5 rings (SSSR count). The molecule has 7 nitrogen and oxygen atoms in total. The van der Waals surface area contributed by atoms with E-state index in [4.69, 9.17) is 9.47 Å². The van der Waals surface area contributed by atoms with Crippen LogP contribution in [-0.2, 0) is 25.7 Å². The number of esters is 1. The Balaban J connectivity index is 1.34. The Labute approximate surface area is 176 Å². The first-order chi connectivity index (χ1) is 14.3. The summed E-state index contributed by atoms with van der Waals surface area (Å²) in [6, 6.07) is 7.45. The van der Waals surface area contributed by atoms with Gasteiger partial charge in [-0.1, -0.05) is 18.2 Å². The van der Waals surface area contributed by atoms with E-state index < -0.39 is 5.41 Å². The first-order valence-corrected chi connectivity index (χ1v) is 10.7. The second-order valence-corrected chi connectivity index (χ2v) is 9.37. The van der Waals surface area contributed by atoms with E-state index in [9.17, 15) is 14.4 Å². The highest BCUT2D eigenvalue weighted by atomic mass is 16.5. The number of hydrogen-bond donors (Lipinski definition) is 2. The fourth-order valence-electron chi connectivity index (χ4n) is 6.40. The molecule has 0 heterocycles. The maximum Gasteiger partial charge on any atom is 0.312 e. The van der Waals surface area contributed by atoms with Crippen molar-refractivity contribution in [1.82, 2.24) is 10.6 Å². The van der Waals surface area contributed by atoms with Crippen molar-refractivity contribution >= 4 is 17.8 Å². The van der Waals surface area contributed by atoms with E-state index >= 15 is 0 Å². The lowest BCUT2D eigenvalue weighted by Crippen LogP contribution is -2.64. The minimum Gasteiger partial charge on any atom is -0.496 e. The number of carbonyl (C=O) groups is 3. The Morgan fingerprint density at radius 2 is 1.80 bits per heavy atom. The number of amides is 2. The largest absolute Gasteiger partial charge is 0.496 e. The fourth-order valence-corrected chi connectivity index (χ4v) is 6.40. The molecule has 0 aromatic heterocycles. The van der Waals surface area contributed by atoms with Gasteiger partial charge in [-0.3, -0.25) is 14.4 Å². The van der Waals surface area contributed by atoms with Crippen LogP contribution in [0.4, 0.5) is 0 Å². The van der Waals surface area contributed by atoms with Gasteiger partial charge in [0.2, 0.25) is 5.91 Å². The average Bonchev–Trinajstić information content (AvgIpc) is 2.68. The number of hydrogen-bond acceptors (Lipinski definition) is 5. The first-order valence-electron chi connectivity index (χ1n) is 10.7. The van der Waals surface area contributed by atoms with Crippen LogP contribution in [0, 0.1) is 17.3 Å². The second kappa shape index (κ2) is 7.93. The van der Waals surface area contributed by atoms with Crippen LogP contribution >= 0.6 is 0 Å². The molecule has 2 amide bonds. The normalized spacial score (nSPS) is 31.1. The lowest BCUT2D eigenvalue weighted by Gasteiger charge is -2.60. The van der Waals surface area contributed by atoms with Crippen molar-refractivity contribution in [2.75, 3.05) is 13.7 Å². The second-order valence-electron chi connectivity index (χ2n) is 9.37. The van der Waals surface area contributed by atoms with Gasteiger partial charge in [0, 0.05) is 24.6 Å². The van der Waals surface area contributed by atoms with Gasteiger partial charge >= 0.3 is 5.97 Å². The molecule has 0 aliphatic heterocycles. The van der Waals surface area contributed by atoms with Crippen LogP contribution in [0.25, 0.3) is 0 Å². The molecule has 4 aliphatic carbocycles. The van der Waals surface area contributed by atoms with Crippen LogP contribution in [0.3, 0.4) is 0 Å². The summed E-state index contributed by atoms with van der Waals surface area (Å²) in [6.07, 6.45) is 5.22. The number of para-hydroxylation sites is 1. The van der Waals surface area contributed by atoms with Crippen molar-refractivity contribution < 1.29 is 23.9 Å². The highest BCUT2D eigenvalue weighted by molar-refractivity contribution is 5.83. The van der Waals surface area contributed by atoms with Crippen molar-refractivity contribution in [1.29, 1.82) is 0 Å². The molecule has 30 heavy (non-hydrogen) atoms. The third-order valence-electron chi connectivity index (χ3n) is 6.94. The third kappa shape index (κ3) is 4.02. The zero-order valence-corrected chi connectivity index (χ0v) is 17.7. The summed E-state index contributed by atoms with van der Waals surface area (Å²) in [7, 11) is 1.58. The summed E-state index contributed by atoms with van der Waals surface area (Å²) in [5.41, 5.74) is -0.00529. The molecule has 1 aromatic rings. The number of ether oxygens (including phenoxy) is 2. The predicted octanol–water partition coefficient (Wildman–Crippen LogP) is 2.33. The van der Waals surface area contributed by atoms with Crippen LogP contribution in [0.2, 0.25) is 0 Å². The fraction of sp³-hybridized carbons (Fsp3) is 0.609. The molecule has 2 unspecified atom stereocenters. The molecule has 0 spiro atoms. The van der Waals surface area contributed by atoms with E-state index in [1.165, 1.54) is 6.92 Å². The lowest BCUT2D eigenvalue weighted by molar-refractivity contribution is -0.177. The van der Waals surface area contributed by atoms with Crippen LogP contribution in [0.1, 0.15) is 51.0 Å². The van der Waals surface area contributed by atoms with Crippen LogP contribution in [0.5, 0.6) is 5.75 Å². The molecular weight excluding hydrogens is 384 g/mol. The number of benzene rings is 1. The predicted molar refractivity (Wildman–Crippen MR) is 109 cm³/mol. The molecule has 4 fully saturated rings. The van der Waals surface area contributed by atoms with Crippen molar-refractivity contribution in [3.05, 3.63) is 29.8 Å². The molecule has 4 aliphatic rings. The average molecular weight is 415 g/mol. The molecule has 7 heteroatoms. The Hall–Kier alpha value is -2.57. The molecule has 0 saturated heterocycles. The number of carbonyl (C=O) groups excluding carboxylic acids is 3. The topological polar surface area (TPSA) is 93.7 Å². The molecule has 2 atom stereocenters. The monoisotopic (exact) mass is 414 g/mol. The lowest BCUT2D eigenvalue weighted by atomic mass is 9.47. The molecule has 4 bridgehead atoms. The SMILES string of the molecule is COc1ccccc1CNC(=O)COC(=O)C12CC3CC(CC(NC(C)=O)(C3)C1)C2. The smallest absolute Gasteiger partial charge is 0.312 e. The van der Waals surface area contributed by atoms with E-state index in [1.54, 1.807) is 7.11 Å². The number of nitrogens with one attached hydrogen (secondary N) is 2. The van der Waals surface area contributed by atoms with Gasteiger partial charge in [-0.15, -0.1) is 0 Å². The van der Waals surface area contributed by atoms with Crippen molar-refractivity contribution in [2.45, 2.75) is 57.5 Å². The van der Waals surface area contributed by atoms with Gasteiger partial charge in [-0.05, 0) is 56.4 Å². The first kappa shape index (κ1) is 20.7. The van der Waals surface area contributed by atoms with Gasteiger partial charge in [0.15, 0.2) is 6.61 Å². The maximum atomic E-state index is 13.1. The van der Waals surface area contributed by atoms with Crippen LogP contribution in [0.15, 0.2) is 24.3 Å². The zero-order chi connectivity index (χ0) is 21.4. The summed E-state index contributed by atoms with van der Waals surface area (Å²) in [4.78, 5) is 37.1. The number of rotatable bonds is 7. The minimum absolute atomic E-state index is 0.0452. The molecule has 0 radical (unpaired) electrons. The highest BCUT2D eigenvalue weighted by Gasteiger charge is 2.61. The van der Waals surface area contributed by atoms with Crippen molar-refractivity contribution in [3.8, 4) is 5.75 Å². The quantitative estimate of drug-likeness (QED) is 0.668. The van der Waals surface area contributed by atoms with Gasteiger partial charge in [0.05, 0.1) is 12.5 Å². The van der Waals surface area contributed by atoms with Crippen LogP contribution in [-0.4, -0.2) is 37.0 Å². The minimum atomic E-state index is -0.574. The van der Waals surface area contributed by atoms with Crippen LogP contribution < -0.4 is 15.4 Å². The summed E-state index contributed by atoms with van der Waals surface area (Å²) in [5.74, 6) is 0.896. The standard InChI is InChI=1S/C23H30N2O5/c1-15(26)25-23-10-16-7-17(11-23)9-22(8-16,14-23)21(28)30-13-20(27)24-12-18-5-3-4-6-19(18)29-2/h3-6,16-17H,7-14H2,1-2H3,(H,24,27)(H,25,26). The van der Waals surface area contributed by atoms with Gasteiger partial charge in [-0.2, -0.15) is 0 Å². The summed E-state index contributed by atoms with van der Waals surface area (Å²) in [6.45, 7) is 1.55. The zero-order valence-electron chi connectivity index (χ0n) is 17.7. The Kier molecular flexibility index (Phi) is 5.47. The Bertz CT molecular complexity index is 838. The molecule has 162 valence electrons. The summed E-state index contributed by atoms with van der Waals surface area (Å²) >= 11 is 0. The van der Waals surface area contributed by atoms with E-state index in [2.05, 4.69) is 10.6 Å². The van der Waals surface area contributed by atoms with E-state index in [0.29, 0.717) is 30.6 Å². The summed E-state index contributed by atoms with van der Waals surface area (Å²) < 4.78 is 10.8. The van der Waals surface area contributed by atoms with Gasteiger partial charge in [0.25, 0.3) is 5.91 Å². The molecule has 2 N–H and O–H groups in total. The van der Waals surface area contributed by atoms with E-state index in [0.717, 1.165) is 37.7 Å². The van der Waals surface area contributed by atoms with Gasteiger partial charge in [0.1, 0.15) is 5.75 Å². The Morgan fingerprint density at radius 3 is 2.47 bits per heavy atom. The van der Waals surface area contributed by atoms with Gasteiger partial charge in [-0.25, -0.2) is 0 Å². The van der Waals surface area contributed by atoms with Crippen molar-refractivity contribution in [3.63, 3.8) is 0 Å². The number of methoxy groups -OCH3 is 1. The molecule has 4 saturated carbocycles. The van der Waals surface area contributed by atoms with E-state index in [1.807, 2.05) is 24.3 Å².